The van der Waals surface area contributed by atoms with E-state index in [1.807, 2.05) is 32.0 Å². The SMILES string of the molecule is CCCN(CC(=O)Nc1cc(C(C)(C)C)nn1-c1ccc(Cl)cc1)C(=O)Nc1ccc(OCC)cc1. The van der Waals surface area contributed by atoms with E-state index in [1.54, 1.807) is 41.1 Å². The van der Waals surface area contributed by atoms with Crippen molar-refractivity contribution in [2.24, 2.45) is 0 Å². The zero-order valence-electron chi connectivity index (χ0n) is 21.5. The topological polar surface area (TPSA) is 88.5 Å². The Kier molecular flexibility index (Phi) is 8.98. The third kappa shape index (κ3) is 7.24. The van der Waals surface area contributed by atoms with Crippen LogP contribution in [-0.2, 0) is 10.2 Å². The van der Waals surface area contributed by atoms with Crippen molar-refractivity contribution in [2.75, 3.05) is 30.3 Å². The number of halogens is 1. The molecular weight excluding hydrogens is 478 g/mol. The van der Waals surface area contributed by atoms with Gasteiger partial charge in [0.2, 0.25) is 5.91 Å². The summed E-state index contributed by atoms with van der Waals surface area (Å²) in [7, 11) is 0. The molecule has 0 atom stereocenters. The number of carbonyl (C=O) groups excluding carboxylic acids is 2. The van der Waals surface area contributed by atoms with Gasteiger partial charge in [-0.3, -0.25) is 4.79 Å². The minimum atomic E-state index is -0.349. The van der Waals surface area contributed by atoms with Gasteiger partial charge in [0.05, 0.1) is 18.0 Å². The maximum absolute atomic E-state index is 13.1. The lowest BCUT2D eigenvalue weighted by molar-refractivity contribution is -0.116. The first-order valence-electron chi connectivity index (χ1n) is 12.1. The van der Waals surface area contributed by atoms with Gasteiger partial charge in [0, 0.05) is 28.7 Å². The van der Waals surface area contributed by atoms with Crippen molar-refractivity contribution in [1.29, 1.82) is 0 Å². The van der Waals surface area contributed by atoms with Crippen LogP contribution < -0.4 is 15.4 Å². The van der Waals surface area contributed by atoms with E-state index in [0.29, 0.717) is 36.1 Å². The number of benzene rings is 2. The average molecular weight is 512 g/mol. The largest absolute Gasteiger partial charge is 0.494 e. The van der Waals surface area contributed by atoms with Gasteiger partial charge in [0.1, 0.15) is 18.1 Å². The van der Waals surface area contributed by atoms with Gasteiger partial charge < -0.3 is 20.3 Å². The van der Waals surface area contributed by atoms with Crippen molar-refractivity contribution in [1.82, 2.24) is 14.7 Å². The lowest BCUT2D eigenvalue weighted by Crippen LogP contribution is -2.41. The lowest BCUT2D eigenvalue weighted by Gasteiger charge is -2.22. The normalized spacial score (nSPS) is 11.2. The van der Waals surface area contributed by atoms with E-state index in [-0.39, 0.29) is 23.9 Å². The zero-order chi connectivity index (χ0) is 26.3. The molecule has 0 aliphatic carbocycles. The van der Waals surface area contributed by atoms with Gasteiger partial charge in [0.25, 0.3) is 0 Å². The van der Waals surface area contributed by atoms with Crippen molar-refractivity contribution < 1.29 is 14.3 Å². The summed E-state index contributed by atoms with van der Waals surface area (Å²) in [5.74, 6) is 0.934. The fourth-order valence-electron chi connectivity index (χ4n) is 3.50. The Morgan fingerprint density at radius 3 is 2.28 bits per heavy atom. The van der Waals surface area contributed by atoms with Crippen LogP contribution in [0.15, 0.2) is 54.6 Å². The van der Waals surface area contributed by atoms with E-state index in [2.05, 4.69) is 31.4 Å². The summed E-state index contributed by atoms with van der Waals surface area (Å²) in [6, 6.07) is 15.9. The quantitative estimate of drug-likeness (QED) is 0.363. The number of hydrogen-bond acceptors (Lipinski definition) is 4. The van der Waals surface area contributed by atoms with Crippen molar-refractivity contribution >= 4 is 35.0 Å². The average Bonchev–Trinajstić information content (AvgIpc) is 3.25. The van der Waals surface area contributed by atoms with Crippen molar-refractivity contribution in [3.63, 3.8) is 0 Å². The molecule has 9 heteroatoms. The summed E-state index contributed by atoms with van der Waals surface area (Å²) in [6.45, 7) is 10.9. The van der Waals surface area contributed by atoms with Gasteiger partial charge in [0.15, 0.2) is 0 Å². The Bertz CT molecular complexity index is 1170. The fourth-order valence-corrected chi connectivity index (χ4v) is 3.62. The van der Waals surface area contributed by atoms with E-state index in [9.17, 15) is 9.59 Å². The Morgan fingerprint density at radius 2 is 1.69 bits per heavy atom. The molecule has 0 radical (unpaired) electrons. The predicted octanol–water partition coefficient (Wildman–Crippen LogP) is 6.10. The molecule has 3 rings (SSSR count). The third-order valence-electron chi connectivity index (χ3n) is 5.35. The van der Waals surface area contributed by atoms with E-state index >= 15 is 0 Å². The Morgan fingerprint density at radius 1 is 1.03 bits per heavy atom. The number of aromatic nitrogens is 2. The maximum Gasteiger partial charge on any atom is 0.322 e. The summed E-state index contributed by atoms with van der Waals surface area (Å²) in [4.78, 5) is 27.5. The van der Waals surface area contributed by atoms with Crippen LogP contribution in [0, 0.1) is 0 Å². The molecule has 0 saturated carbocycles. The van der Waals surface area contributed by atoms with Gasteiger partial charge in [-0.15, -0.1) is 0 Å². The number of carbonyl (C=O) groups is 2. The summed E-state index contributed by atoms with van der Waals surface area (Å²) in [6.07, 6.45) is 0.709. The van der Waals surface area contributed by atoms with Crippen LogP contribution in [0.3, 0.4) is 0 Å². The molecule has 0 aliphatic rings. The van der Waals surface area contributed by atoms with Crippen LogP contribution >= 0.6 is 11.6 Å². The van der Waals surface area contributed by atoms with Crippen LogP contribution in [0.1, 0.15) is 46.7 Å². The maximum atomic E-state index is 13.1. The number of hydrogen-bond donors (Lipinski definition) is 2. The van der Waals surface area contributed by atoms with Gasteiger partial charge >= 0.3 is 6.03 Å². The zero-order valence-corrected chi connectivity index (χ0v) is 22.2. The molecule has 0 aliphatic heterocycles. The van der Waals surface area contributed by atoms with Gasteiger partial charge in [-0.2, -0.15) is 5.10 Å². The molecule has 8 nitrogen and oxygen atoms in total. The van der Waals surface area contributed by atoms with Crippen molar-refractivity contribution in [2.45, 2.75) is 46.5 Å². The monoisotopic (exact) mass is 511 g/mol. The van der Waals surface area contributed by atoms with Gasteiger partial charge in [-0.05, 0) is 61.9 Å². The molecule has 1 heterocycles. The number of ether oxygens (including phenoxy) is 1. The molecule has 192 valence electrons. The minimum absolute atomic E-state index is 0.104. The lowest BCUT2D eigenvalue weighted by atomic mass is 9.92. The fraction of sp³-hybridized carbons (Fsp3) is 0.370. The number of urea groups is 1. The molecule has 2 N–H and O–H groups in total. The second kappa shape index (κ2) is 11.9. The Balaban J connectivity index is 1.75. The van der Waals surface area contributed by atoms with Gasteiger partial charge in [-0.1, -0.05) is 39.3 Å². The highest BCUT2D eigenvalue weighted by Gasteiger charge is 2.23. The second-order valence-corrected chi connectivity index (χ2v) is 9.85. The molecule has 1 aromatic heterocycles. The first kappa shape index (κ1) is 27.1. The number of amides is 3. The standard InChI is InChI=1S/C27H34ClN5O3/c1-6-16-32(26(35)29-20-10-14-22(15-11-20)36-7-2)18-25(34)30-24-17-23(27(3,4)5)31-33(24)21-12-8-19(28)9-13-21/h8-15,17H,6-7,16,18H2,1-5H3,(H,29,35)(H,30,34). The molecule has 0 fully saturated rings. The highest BCUT2D eigenvalue weighted by molar-refractivity contribution is 6.30. The Hall–Kier alpha value is -3.52. The summed E-state index contributed by atoms with van der Waals surface area (Å²) in [5, 5.41) is 11.1. The van der Waals surface area contributed by atoms with Crippen molar-refractivity contribution in [3.05, 3.63) is 65.3 Å². The first-order valence-corrected chi connectivity index (χ1v) is 12.4. The van der Waals surface area contributed by atoms with Gasteiger partial charge in [-0.25, -0.2) is 9.48 Å². The first-order chi connectivity index (χ1) is 17.1. The van der Waals surface area contributed by atoms with E-state index in [1.165, 1.54) is 4.90 Å². The molecule has 0 unspecified atom stereocenters. The van der Waals surface area contributed by atoms with Crippen molar-refractivity contribution in [3.8, 4) is 11.4 Å². The van der Waals surface area contributed by atoms with Crippen LogP contribution in [0.5, 0.6) is 5.75 Å². The molecule has 3 amide bonds. The highest BCUT2D eigenvalue weighted by atomic mass is 35.5. The Labute approximate surface area is 217 Å². The summed E-state index contributed by atoms with van der Waals surface area (Å²) in [5.41, 5.74) is 2.00. The predicted molar refractivity (Wildman–Crippen MR) is 144 cm³/mol. The smallest absolute Gasteiger partial charge is 0.322 e. The molecule has 36 heavy (non-hydrogen) atoms. The van der Waals surface area contributed by atoms with Crippen LogP contribution in [-0.4, -0.2) is 46.3 Å². The van der Waals surface area contributed by atoms with Crippen LogP contribution in [0.2, 0.25) is 5.02 Å². The summed E-state index contributed by atoms with van der Waals surface area (Å²) < 4.78 is 7.12. The molecule has 2 aromatic carbocycles. The summed E-state index contributed by atoms with van der Waals surface area (Å²) >= 11 is 6.05. The van der Waals surface area contributed by atoms with Crippen LogP contribution in [0.25, 0.3) is 5.69 Å². The number of rotatable bonds is 9. The van der Waals surface area contributed by atoms with E-state index in [0.717, 1.165) is 17.1 Å². The number of nitrogens with zero attached hydrogens (tertiary/aromatic N) is 3. The van der Waals surface area contributed by atoms with E-state index < -0.39 is 0 Å². The highest BCUT2D eigenvalue weighted by Crippen LogP contribution is 2.27. The van der Waals surface area contributed by atoms with Crippen LogP contribution in [0.4, 0.5) is 16.3 Å². The molecule has 0 saturated heterocycles. The third-order valence-corrected chi connectivity index (χ3v) is 5.60. The molecular formula is C27H34ClN5O3. The minimum Gasteiger partial charge on any atom is -0.494 e. The number of anilines is 2. The number of nitrogens with one attached hydrogen (secondary N) is 2. The molecule has 3 aromatic rings. The molecule has 0 bridgehead atoms. The van der Waals surface area contributed by atoms with E-state index in [4.69, 9.17) is 21.4 Å². The molecule has 0 spiro atoms. The second-order valence-electron chi connectivity index (χ2n) is 9.41.